The predicted molar refractivity (Wildman–Crippen MR) is 75.0 cm³/mol. The van der Waals surface area contributed by atoms with E-state index in [0.29, 0.717) is 10.0 Å². The molecule has 0 aliphatic heterocycles. The highest BCUT2D eigenvalue weighted by molar-refractivity contribution is 9.10. The number of hydrogen-bond donors (Lipinski definition) is 0. The van der Waals surface area contributed by atoms with Gasteiger partial charge in [0.1, 0.15) is 0 Å². The van der Waals surface area contributed by atoms with E-state index in [4.69, 9.17) is 9.47 Å². The van der Waals surface area contributed by atoms with Crippen molar-refractivity contribution in [3.05, 3.63) is 47.0 Å². The fourth-order valence-electron chi connectivity index (χ4n) is 1.30. The first-order chi connectivity index (χ1) is 9.06. The van der Waals surface area contributed by atoms with Gasteiger partial charge in [-0.1, -0.05) is 40.2 Å². The number of ketones is 1. The molecule has 102 valence electrons. The molecule has 1 atom stereocenters. The maximum atomic E-state index is 11.8. The molecule has 0 radical (unpaired) electrons. The molecular weight excluding hydrogens is 312 g/mol. The predicted octanol–water partition coefficient (Wildman–Crippen LogP) is 2.77. The molecule has 0 fully saturated rings. The second-order valence-corrected chi connectivity index (χ2v) is 4.63. The molecule has 0 N–H and O–H groups in total. The smallest absolute Gasteiger partial charge is 0.335 e. The Hall–Kier alpha value is -1.46. The van der Waals surface area contributed by atoms with Crippen LogP contribution in [0.2, 0.25) is 0 Å². The molecule has 4 nitrogen and oxygen atoms in total. The molecule has 1 unspecified atom stereocenters. The van der Waals surface area contributed by atoms with Gasteiger partial charge in [-0.25, -0.2) is 4.79 Å². The van der Waals surface area contributed by atoms with Gasteiger partial charge in [0.2, 0.25) is 5.78 Å². The summed E-state index contributed by atoms with van der Waals surface area (Å²) in [5.74, 6) is -0.834. The van der Waals surface area contributed by atoms with Crippen molar-refractivity contribution in [2.75, 3.05) is 13.2 Å². The standard InChI is InChI=1S/C14H15BrO4/c1-3-8-18-10(2)14(17)19-9-13(16)11-6-4-5-7-12(11)15/h3-7,10H,1,8-9H2,2H3. The molecule has 0 bridgehead atoms. The molecule has 0 aliphatic rings. The first-order valence-corrected chi connectivity index (χ1v) is 6.52. The van der Waals surface area contributed by atoms with Gasteiger partial charge >= 0.3 is 5.97 Å². The van der Waals surface area contributed by atoms with E-state index < -0.39 is 12.1 Å². The average Bonchev–Trinajstić information content (AvgIpc) is 2.42. The van der Waals surface area contributed by atoms with Crippen LogP contribution in [0.3, 0.4) is 0 Å². The Morgan fingerprint density at radius 3 is 2.74 bits per heavy atom. The highest BCUT2D eigenvalue weighted by Crippen LogP contribution is 2.16. The van der Waals surface area contributed by atoms with Crippen LogP contribution in [0.5, 0.6) is 0 Å². The molecule has 0 aliphatic carbocycles. The molecule has 0 heterocycles. The number of halogens is 1. The van der Waals surface area contributed by atoms with Gasteiger partial charge in [0, 0.05) is 10.0 Å². The summed E-state index contributed by atoms with van der Waals surface area (Å²) in [5.41, 5.74) is 0.481. The summed E-state index contributed by atoms with van der Waals surface area (Å²) < 4.78 is 10.7. The third-order valence-electron chi connectivity index (χ3n) is 2.32. The molecule has 1 aromatic rings. The van der Waals surface area contributed by atoms with Gasteiger partial charge in [-0.05, 0) is 13.0 Å². The number of rotatable bonds is 7. The second-order valence-electron chi connectivity index (χ2n) is 3.77. The molecular formula is C14H15BrO4. The van der Waals surface area contributed by atoms with E-state index in [-0.39, 0.29) is 19.0 Å². The molecule has 0 aromatic heterocycles. The summed E-state index contributed by atoms with van der Waals surface area (Å²) in [7, 11) is 0. The summed E-state index contributed by atoms with van der Waals surface area (Å²) in [6, 6.07) is 6.97. The van der Waals surface area contributed by atoms with Crippen LogP contribution in [0.25, 0.3) is 0 Å². The number of Topliss-reactive ketones (excluding diaryl/α,β-unsaturated/α-hetero) is 1. The number of carbonyl (C=O) groups is 2. The molecule has 1 aromatic carbocycles. The van der Waals surface area contributed by atoms with E-state index in [9.17, 15) is 9.59 Å². The average molecular weight is 327 g/mol. The summed E-state index contributed by atoms with van der Waals surface area (Å²) in [5, 5.41) is 0. The van der Waals surface area contributed by atoms with Crippen molar-refractivity contribution >= 4 is 27.7 Å². The fourth-order valence-corrected chi connectivity index (χ4v) is 1.81. The van der Waals surface area contributed by atoms with E-state index in [1.165, 1.54) is 6.08 Å². The topological polar surface area (TPSA) is 52.6 Å². The van der Waals surface area contributed by atoms with Crippen molar-refractivity contribution in [3.63, 3.8) is 0 Å². The Balaban J connectivity index is 2.48. The van der Waals surface area contributed by atoms with Gasteiger partial charge in [-0.15, -0.1) is 6.58 Å². The van der Waals surface area contributed by atoms with Gasteiger partial charge in [-0.3, -0.25) is 4.79 Å². The van der Waals surface area contributed by atoms with Gasteiger partial charge in [0.25, 0.3) is 0 Å². The minimum atomic E-state index is -0.718. The van der Waals surface area contributed by atoms with Gasteiger partial charge in [-0.2, -0.15) is 0 Å². The van der Waals surface area contributed by atoms with Crippen LogP contribution >= 0.6 is 15.9 Å². The summed E-state index contributed by atoms with van der Waals surface area (Å²) in [6.07, 6.45) is 0.820. The van der Waals surface area contributed by atoms with Crippen LogP contribution < -0.4 is 0 Å². The third-order valence-corrected chi connectivity index (χ3v) is 3.01. The van der Waals surface area contributed by atoms with Crippen LogP contribution in [0.15, 0.2) is 41.4 Å². The molecule has 19 heavy (non-hydrogen) atoms. The first-order valence-electron chi connectivity index (χ1n) is 5.73. The minimum absolute atomic E-state index is 0.258. The van der Waals surface area contributed by atoms with E-state index in [0.717, 1.165) is 0 Å². The Labute approximate surface area is 120 Å². The summed E-state index contributed by atoms with van der Waals surface area (Å²) in [4.78, 5) is 23.4. The Morgan fingerprint density at radius 1 is 1.42 bits per heavy atom. The maximum Gasteiger partial charge on any atom is 0.335 e. The Kier molecular flexibility index (Phi) is 6.45. The zero-order chi connectivity index (χ0) is 14.3. The first kappa shape index (κ1) is 15.6. The minimum Gasteiger partial charge on any atom is -0.455 e. The molecule has 0 saturated carbocycles. The van der Waals surface area contributed by atoms with E-state index in [1.54, 1.807) is 31.2 Å². The molecule has 1 rings (SSSR count). The van der Waals surface area contributed by atoms with Crippen LogP contribution in [0.1, 0.15) is 17.3 Å². The molecule has 0 saturated heterocycles. The lowest BCUT2D eigenvalue weighted by Crippen LogP contribution is -2.26. The number of esters is 1. The fraction of sp³-hybridized carbons (Fsp3) is 0.286. The monoisotopic (exact) mass is 326 g/mol. The Bertz CT molecular complexity index is 470. The molecule has 0 amide bonds. The SMILES string of the molecule is C=CCOC(C)C(=O)OCC(=O)c1ccccc1Br. The lowest BCUT2D eigenvalue weighted by atomic mass is 10.1. The molecule has 0 spiro atoms. The highest BCUT2D eigenvalue weighted by atomic mass is 79.9. The highest BCUT2D eigenvalue weighted by Gasteiger charge is 2.17. The Morgan fingerprint density at radius 2 is 2.11 bits per heavy atom. The van der Waals surface area contributed by atoms with Crippen LogP contribution in [-0.2, 0) is 14.3 Å². The van der Waals surface area contributed by atoms with Gasteiger partial charge in [0.15, 0.2) is 12.7 Å². The van der Waals surface area contributed by atoms with E-state index >= 15 is 0 Å². The van der Waals surface area contributed by atoms with Gasteiger partial charge < -0.3 is 9.47 Å². The van der Waals surface area contributed by atoms with Crippen molar-refractivity contribution in [3.8, 4) is 0 Å². The van der Waals surface area contributed by atoms with Crippen molar-refractivity contribution in [2.45, 2.75) is 13.0 Å². The zero-order valence-electron chi connectivity index (χ0n) is 10.6. The number of carbonyl (C=O) groups excluding carboxylic acids is 2. The van der Waals surface area contributed by atoms with E-state index in [1.807, 2.05) is 0 Å². The number of ether oxygens (including phenoxy) is 2. The van der Waals surface area contributed by atoms with Crippen molar-refractivity contribution in [1.29, 1.82) is 0 Å². The van der Waals surface area contributed by atoms with Crippen LogP contribution in [-0.4, -0.2) is 31.1 Å². The maximum absolute atomic E-state index is 11.8. The van der Waals surface area contributed by atoms with Crippen molar-refractivity contribution < 1.29 is 19.1 Å². The lowest BCUT2D eigenvalue weighted by molar-refractivity contribution is -0.154. The third kappa shape index (κ3) is 4.96. The quantitative estimate of drug-likeness (QED) is 0.439. The second kappa shape index (κ2) is 7.86. The molecule has 5 heteroatoms. The zero-order valence-corrected chi connectivity index (χ0v) is 12.2. The summed E-state index contributed by atoms with van der Waals surface area (Å²) >= 11 is 3.27. The largest absolute Gasteiger partial charge is 0.455 e. The van der Waals surface area contributed by atoms with Crippen LogP contribution in [0, 0.1) is 0 Å². The van der Waals surface area contributed by atoms with E-state index in [2.05, 4.69) is 22.5 Å². The number of hydrogen-bond acceptors (Lipinski definition) is 4. The van der Waals surface area contributed by atoms with Gasteiger partial charge in [0.05, 0.1) is 6.61 Å². The lowest BCUT2D eigenvalue weighted by Gasteiger charge is -2.11. The summed E-state index contributed by atoms with van der Waals surface area (Å²) in [6.45, 7) is 5.00. The normalized spacial score (nSPS) is 11.7. The van der Waals surface area contributed by atoms with Crippen molar-refractivity contribution in [1.82, 2.24) is 0 Å². The number of benzene rings is 1. The van der Waals surface area contributed by atoms with Crippen LogP contribution in [0.4, 0.5) is 0 Å². The van der Waals surface area contributed by atoms with Crippen molar-refractivity contribution in [2.24, 2.45) is 0 Å².